The maximum Gasteiger partial charge on any atom is 0.490 e. The van der Waals surface area contributed by atoms with Gasteiger partial charge in [-0.05, 0) is 24.3 Å². The van der Waals surface area contributed by atoms with Gasteiger partial charge in [-0.25, -0.2) is 23.2 Å². The van der Waals surface area contributed by atoms with E-state index in [9.17, 15) is 21.6 Å². The van der Waals surface area contributed by atoms with Crippen LogP contribution in [0, 0.1) is 5.92 Å². The normalized spacial score (nSPS) is 25.3. The van der Waals surface area contributed by atoms with Gasteiger partial charge in [-0.15, -0.1) is 0 Å². The summed E-state index contributed by atoms with van der Waals surface area (Å²) < 4.78 is 57.7. The molecule has 0 radical (unpaired) electrons. The van der Waals surface area contributed by atoms with E-state index in [1.54, 1.807) is 6.20 Å². The Labute approximate surface area is 208 Å². The van der Waals surface area contributed by atoms with Gasteiger partial charge in [0.25, 0.3) is 0 Å². The number of carbonyl (C=O) groups is 1. The number of carboxylic acids is 1. The lowest BCUT2D eigenvalue weighted by Crippen LogP contribution is -2.38. The Morgan fingerprint density at radius 1 is 1.17 bits per heavy atom. The zero-order valence-electron chi connectivity index (χ0n) is 19.9. The molecule has 0 aliphatic carbocycles. The van der Waals surface area contributed by atoms with Crippen LogP contribution < -0.4 is 4.90 Å². The van der Waals surface area contributed by atoms with Gasteiger partial charge in [0.2, 0.25) is 5.95 Å². The van der Waals surface area contributed by atoms with Crippen LogP contribution in [0.1, 0.15) is 42.5 Å². The topological polar surface area (TPSA) is 104 Å². The average molecular weight is 527 g/mol. The number of aliphatic carboxylic acids is 1. The number of alkyl halides is 3. The van der Waals surface area contributed by atoms with Crippen LogP contribution in [0.2, 0.25) is 0 Å². The average Bonchev–Trinajstić information content (AvgIpc) is 3.24. The van der Waals surface area contributed by atoms with Crippen LogP contribution in [0.4, 0.5) is 19.1 Å². The molecule has 2 saturated heterocycles. The van der Waals surface area contributed by atoms with Crippen molar-refractivity contribution in [3.05, 3.63) is 53.3 Å². The molecular formula is C24H29F3N4O4S. The molecule has 0 amide bonds. The highest BCUT2D eigenvalue weighted by atomic mass is 32.2. The number of piperidine rings is 1. The van der Waals surface area contributed by atoms with E-state index in [0.29, 0.717) is 12.5 Å². The fourth-order valence-electron chi connectivity index (χ4n) is 5.14. The number of sulfone groups is 1. The molecule has 0 spiro atoms. The second-order valence-electron chi connectivity index (χ2n) is 9.71. The predicted molar refractivity (Wildman–Crippen MR) is 127 cm³/mol. The first-order valence-corrected chi connectivity index (χ1v) is 13.5. The lowest BCUT2D eigenvalue weighted by Gasteiger charge is -2.32. The summed E-state index contributed by atoms with van der Waals surface area (Å²) in [5.41, 5.74) is 2.97. The molecule has 0 bridgehead atoms. The van der Waals surface area contributed by atoms with Crippen LogP contribution in [-0.4, -0.2) is 72.0 Å². The summed E-state index contributed by atoms with van der Waals surface area (Å²) >= 11 is 0. The molecule has 0 saturated carbocycles. The number of hydrogen-bond donors (Lipinski definition) is 1. The molecule has 3 aliphatic rings. The number of halogens is 3. The third kappa shape index (κ3) is 5.97. The first kappa shape index (κ1) is 26.3. The summed E-state index contributed by atoms with van der Waals surface area (Å²) in [5.74, 6) is -1.33. The molecule has 1 aromatic carbocycles. The Morgan fingerprint density at radius 3 is 2.50 bits per heavy atom. The number of carboxylic acid groups (broad SMARTS) is 1. The number of aromatic nitrogens is 2. The summed E-state index contributed by atoms with van der Waals surface area (Å²) in [6.07, 6.45) is -0.906. The van der Waals surface area contributed by atoms with E-state index in [4.69, 9.17) is 14.9 Å². The Balaban J connectivity index is 0.000000384. The van der Waals surface area contributed by atoms with Gasteiger partial charge in [-0.3, -0.25) is 4.90 Å². The fraction of sp³-hybridized carbons (Fsp3) is 0.542. The lowest BCUT2D eigenvalue weighted by molar-refractivity contribution is -0.192. The molecule has 1 N–H and O–H groups in total. The van der Waals surface area contributed by atoms with Gasteiger partial charge in [-0.2, -0.15) is 13.2 Å². The van der Waals surface area contributed by atoms with Crippen molar-refractivity contribution in [1.29, 1.82) is 0 Å². The molecule has 3 atom stereocenters. The molecule has 4 heterocycles. The summed E-state index contributed by atoms with van der Waals surface area (Å²) in [4.78, 5) is 22.9. The van der Waals surface area contributed by atoms with E-state index in [-0.39, 0.29) is 16.9 Å². The first-order chi connectivity index (χ1) is 16.9. The maximum atomic E-state index is 13.0. The third-order valence-corrected chi connectivity index (χ3v) is 8.94. The van der Waals surface area contributed by atoms with E-state index < -0.39 is 22.0 Å². The zero-order chi connectivity index (χ0) is 26.1. The number of rotatable bonds is 3. The molecule has 196 valence electrons. The maximum absolute atomic E-state index is 13.0. The Kier molecular flexibility index (Phi) is 7.56. The minimum Gasteiger partial charge on any atom is -0.475 e. The van der Waals surface area contributed by atoms with Gasteiger partial charge < -0.3 is 10.0 Å². The molecule has 36 heavy (non-hydrogen) atoms. The first-order valence-electron chi connectivity index (χ1n) is 11.8. The fourth-order valence-corrected chi connectivity index (χ4v) is 7.16. The van der Waals surface area contributed by atoms with Crippen molar-refractivity contribution in [3.8, 4) is 0 Å². The summed E-state index contributed by atoms with van der Waals surface area (Å²) in [5, 5.41) is 6.77. The standard InChI is InChI=1S/C22H28N4O2S.C2HF3O2/c1-16-6-5-9-26(11-16)22-23-10-18-15-29(27,28)20-14-25(13-19(20)21(18)24-22)12-17-7-3-2-4-8-17;3-2(4,5)1(6)7/h2-4,7-8,10,16,19-20H,5-6,9,11-15H2,1H3;(H,6,7)/t16?,19-,20+;/m0./s1. The van der Waals surface area contributed by atoms with Gasteiger partial charge in [0.05, 0.1) is 16.7 Å². The van der Waals surface area contributed by atoms with E-state index >= 15 is 0 Å². The molecule has 2 fully saturated rings. The largest absolute Gasteiger partial charge is 0.490 e. The molecular weight excluding hydrogens is 497 g/mol. The van der Waals surface area contributed by atoms with Crippen molar-refractivity contribution in [2.24, 2.45) is 5.92 Å². The van der Waals surface area contributed by atoms with Crippen LogP contribution in [0.3, 0.4) is 0 Å². The number of likely N-dealkylation sites (tertiary alicyclic amines) is 1. The van der Waals surface area contributed by atoms with Crippen molar-refractivity contribution in [2.75, 3.05) is 31.1 Å². The monoisotopic (exact) mass is 526 g/mol. The van der Waals surface area contributed by atoms with Crippen LogP contribution in [-0.2, 0) is 26.9 Å². The highest BCUT2D eigenvalue weighted by Gasteiger charge is 2.47. The van der Waals surface area contributed by atoms with E-state index in [0.717, 1.165) is 49.8 Å². The van der Waals surface area contributed by atoms with Gasteiger partial charge in [-0.1, -0.05) is 37.3 Å². The smallest absolute Gasteiger partial charge is 0.475 e. The van der Waals surface area contributed by atoms with Crippen LogP contribution in [0.5, 0.6) is 0 Å². The SMILES string of the molecule is CC1CCCN(c2ncc3c(n2)[C@H]2CN(Cc4ccccc4)C[C@H]2S(=O)(=O)C3)C1.O=C(O)C(F)(F)F. The molecule has 5 rings (SSSR count). The second-order valence-corrected chi connectivity index (χ2v) is 11.9. The molecule has 12 heteroatoms. The second kappa shape index (κ2) is 10.3. The van der Waals surface area contributed by atoms with Gasteiger partial charge in [0, 0.05) is 50.4 Å². The third-order valence-electron chi connectivity index (χ3n) is 6.83. The van der Waals surface area contributed by atoms with Crippen molar-refractivity contribution in [2.45, 2.75) is 49.4 Å². The quantitative estimate of drug-likeness (QED) is 0.650. The highest BCUT2D eigenvalue weighted by Crippen LogP contribution is 2.40. The van der Waals surface area contributed by atoms with E-state index in [1.807, 2.05) is 18.2 Å². The number of fused-ring (bicyclic) bond motifs is 3. The number of anilines is 1. The van der Waals surface area contributed by atoms with Crippen molar-refractivity contribution < 1.29 is 31.5 Å². The van der Waals surface area contributed by atoms with Crippen molar-refractivity contribution in [3.63, 3.8) is 0 Å². The van der Waals surface area contributed by atoms with Crippen molar-refractivity contribution in [1.82, 2.24) is 14.9 Å². The van der Waals surface area contributed by atoms with Gasteiger partial charge in [0.15, 0.2) is 9.84 Å². The number of nitrogens with zero attached hydrogens (tertiary/aromatic N) is 4. The van der Waals surface area contributed by atoms with Crippen LogP contribution in [0.15, 0.2) is 36.5 Å². The molecule has 3 aliphatic heterocycles. The molecule has 1 aromatic heterocycles. The predicted octanol–water partition coefficient (Wildman–Crippen LogP) is 3.24. The molecule has 8 nitrogen and oxygen atoms in total. The Bertz CT molecular complexity index is 1190. The van der Waals surface area contributed by atoms with Gasteiger partial charge in [0.1, 0.15) is 0 Å². The summed E-state index contributed by atoms with van der Waals surface area (Å²) in [6, 6.07) is 10.3. The molecule has 2 aromatic rings. The van der Waals surface area contributed by atoms with Crippen LogP contribution in [0.25, 0.3) is 0 Å². The number of benzene rings is 1. The minimum atomic E-state index is -5.08. The molecule has 1 unspecified atom stereocenters. The van der Waals surface area contributed by atoms with Crippen molar-refractivity contribution >= 4 is 21.8 Å². The minimum absolute atomic E-state index is 0.0589. The van der Waals surface area contributed by atoms with Crippen LogP contribution >= 0.6 is 0 Å². The lowest BCUT2D eigenvalue weighted by atomic mass is 9.99. The van der Waals surface area contributed by atoms with E-state index in [1.165, 1.54) is 12.0 Å². The Morgan fingerprint density at radius 2 is 1.86 bits per heavy atom. The van der Waals surface area contributed by atoms with E-state index in [2.05, 4.69) is 33.8 Å². The summed E-state index contributed by atoms with van der Waals surface area (Å²) in [6.45, 7) is 6.33. The highest BCUT2D eigenvalue weighted by molar-refractivity contribution is 7.91. The number of hydrogen-bond acceptors (Lipinski definition) is 7. The Hall–Kier alpha value is -2.73. The van der Waals surface area contributed by atoms with Gasteiger partial charge >= 0.3 is 12.1 Å². The summed E-state index contributed by atoms with van der Waals surface area (Å²) in [7, 11) is -3.18. The zero-order valence-corrected chi connectivity index (χ0v) is 20.7.